The summed E-state index contributed by atoms with van der Waals surface area (Å²) in [6.07, 6.45) is 0. The number of nitrogens with two attached hydrogens (primary N) is 1. The summed E-state index contributed by atoms with van der Waals surface area (Å²) in [6.45, 7) is 4.17. The summed E-state index contributed by atoms with van der Waals surface area (Å²) in [5.74, 6) is 2.28. The molecule has 0 bridgehead atoms. The summed E-state index contributed by atoms with van der Waals surface area (Å²) in [6, 6.07) is 3.61. The van der Waals surface area contributed by atoms with Gasteiger partial charge >= 0.3 is 0 Å². The summed E-state index contributed by atoms with van der Waals surface area (Å²) in [4.78, 5) is 8.76. The van der Waals surface area contributed by atoms with E-state index in [-0.39, 0.29) is 0 Å². The van der Waals surface area contributed by atoms with E-state index in [1.807, 2.05) is 6.07 Å². The largest absolute Gasteiger partial charge is 0.455 e. The van der Waals surface area contributed by atoms with E-state index in [0.29, 0.717) is 29.9 Å². The van der Waals surface area contributed by atoms with Gasteiger partial charge in [0.05, 0.1) is 6.54 Å². The van der Waals surface area contributed by atoms with E-state index in [4.69, 9.17) is 14.7 Å². The summed E-state index contributed by atoms with van der Waals surface area (Å²) in [5, 5.41) is 4.01. The fraction of sp³-hybridized carbons (Fsp3) is 0.500. The normalized spacial score (nSPS) is 17.1. The van der Waals surface area contributed by atoms with Crippen LogP contribution in [0.15, 0.2) is 21.1 Å². The highest BCUT2D eigenvalue weighted by atomic mass is 16.5. The van der Waals surface area contributed by atoms with Gasteiger partial charge in [0.1, 0.15) is 5.76 Å². The van der Waals surface area contributed by atoms with Crippen molar-refractivity contribution in [3.05, 3.63) is 17.9 Å². The highest BCUT2D eigenvalue weighted by molar-refractivity contribution is 5.47. The minimum Gasteiger partial charge on any atom is -0.455 e. The van der Waals surface area contributed by atoms with Crippen LogP contribution < -0.4 is 10.6 Å². The molecule has 7 nitrogen and oxygen atoms in total. The van der Waals surface area contributed by atoms with E-state index in [2.05, 4.69) is 27.0 Å². The Morgan fingerprint density at radius 3 is 2.74 bits per heavy atom. The van der Waals surface area contributed by atoms with E-state index in [1.165, 1.54) is 0 Å². The molecular formula is C12H17N5O2. The molecule has 0 atom stereocenters. The topological polar surface area (TPSA) is 84.6 Å². The minimum absolute atomic E-state index is 0.361. The first-order valence-corrected chi connectivity index (χ1v) is 6.32. The van der Waals surface area contributed by atoms with Crippen LogP contribution in [0.2, 0.25) is 0 Å². The molecule has 2 aromatic rings. The lowest BCUT2D eigenvalue weighted by atomic mass is 10.3. The van der Waals surface area contributed by atoms with Gasteiger partial charge in [-0.3, -0.25) is 0 Å². The second-order valence-electron chi connectivity index (χ2n) is 4.66. The highest BCUT2D eigenvalue weighted by Crippen LogP contribution is 2.22. The molecule has 0 aromatic carbocycles. The van der Waals surface area contributed by atoms with Crippen molar-refractivity contribution in [2.24, 2.45) is 5.73 Å². The van der Waals surface area contributed by atoms with Crippen molar-refractivity contribution in [3.8, 4) is 11.7 Å². The van der Waals surface area contributed by atoms with Crippen molar-refractivity contribution in [2.45, 2.75) is 6.54 Å². The predicted octanol–water partition coefficient (Wildman–Crippen LogP) is 0.540. The van der Waals surface area contributed by atoms with Crippen molar-refractivity contribution in [3.63, 3.8) is 0 Å². The van der Waals surface area contributed by atoms with Gasteiger partial charge in [0, 0.05) is 26.2 Å². The second kappa shape index (κ2) is 5.02. The van der Waals surface area contributed by atoms with Crippen LogP contribution in [0.3, 0.4) is 0 Å². The average molecular weight is 263 g/mol. The van der Waals surface area contributed by atoms with E-state index in [9.17, 15) is 0 Å². The Morgan fingerprint density at radius 2 is 2.05 bits per heavy atom. The Labute approximate surface area is 111 Å². The number of hydrogen-bond acceptors (Lipinski definition) is 7. The first-order chi connectivity index (χ1) is 9.26. The summed E-state index contributed by atoms with van der Waals surface area (Å²) < 4.78 is 10.7. The molecule has 1 aliphatic heterocycles. The van der Waals surface area contributed by atoms with E-state index in [1.54, 1.807) is 6.07 Å². The fourth-order valence-electron chi connectivity index (χ4n) is 2.05. The molecule has 0 saturated carbocycles. The number of nitrogens with zero attached hydrogens (tertiary/aromatic N) is 4. The molecule has 1 aliphatic rings. The lowest BCUT2D eigenvalue weighted by Gasteiger charge is -2.31. The zero-order chi connectivity index (χ0) is 13.2. The van der Waals surface area contributed by atoms with Crippen LogP contribution in [0.1, 0.15) is 5.76 Å². The van der Waals surface area contributed by atoms with Crippen molar-refractivity contribution in [1.29, 1.82) is 0 Å². The van der Waals surface area contributed by atoms with Gasteiger partial charge in [-0.25, -0.2) is 0 Å². The maximum Gasteiger partial charge on any atom is 0.295 e. The van der Waals surface area contributed by atoms with Gasteiger partial charge < -0.3 is 24.5 Å². The molecule has 1 fully saturated rings. The smallest absolute Gasteiger partial charge is 0.295 e. The van der Waals surface area contributed by atoms with Crippen LogP contribution in [-0.2, 0) is 6.54 Å². The Balaban J connectivity index is 1.75. The van der Waals surface area contributed by atoms with Crippen LogP contribution in [0.4, 0.5) is 5.95 Å². The maximum atomic E-state index is 5.50. The molecule has 1 saturated heterocycles. The molecule has 3 rings (SSSR count). The van der Waals surface area contributed by atoms with Gasteiger partial charge in [-0.1, -0.05) is 0 Å². The maximum absolute atomic E-state index is 5.50. The Kier molecular flexibility index (Phi) is 3.22. The van der Waals surface area contributed by atoms with Crippen molar-refractivity contribution in [1.82, 2.24) is 15.0 Å². The van der Waals surface area contributed by atoms with Gasteiger partial charge in [0.25, 0.3) is 11.8 Å². The first-order valence-electron chi connectivity index (χ1n) is 6.32. The Morgan fingerprint density at radius 1 is 1.26 bits per heavy atom. The number of hydrogen-bond donors (Lipinski definition) is 1. The lowest BCUT2D eigenvalue weighted by molar-refractivity contribution is 0.309. The number of piperazine rings is 1. The van der Waals surface area contributed by atoms with Crippen LogP contribution in [0.5, 0.6) is 0 Å². The summed E-state index contributed by atoms with van der Waals surface area (Å²) in [7, 11) is 2.11. The number of furan rings is 1. The third-order valence-corrected chi connectivity index (χ3v) is 3.28. The number of aromatic nitrogens is 2. The number of likely N-dealkylation sites (N-methyl/N-ethyl adjacent to an activating group) is 1. The lowest BCUT2D eigenvalue weighted by Crippen LogP contribution is -2.44. The first kappa shape index (κ1) is 12.2. The van der Waals surface area contributed by atoms with Crippen molar-refractivity contribution >= 4 is 5.95 Å². The molecule has 0 spiro atoms. The number of rotatable bonds is 3. The Hall–Kier alpha value is -1.86. The van der Waals surface area contributed by atoms with Gasteiger partial charge in [-0.2, -0.15) is 4.98 Å². The van der Waals surface area contributed by atoms with Crippen LogP contribution in [-0.4, -0.2) is 48.3 Å². The number of anilines is 1. The van der Waals surface area contributed by atoms with E-state index in [0.717, 1.165) is 26.2 Å². The van der Waals surface area contributed by atoms with E-state index < -0.39 is 0 Å². The van der Waals surface area contributed by atoms with Crippen LogP contribution in [0.25, 0.3) is 11.7 Å². The zero-order valence-electron chi connectivity index (χ0n) is 10.9. The van der Waals surface area contributed by atoms with Crippen molar-refractivity contribution < 1.29 is 8.94 Å². The quantitative estimate of drug-likeness (QED) is 0.865. The molecule has 2 N–H and O–H groups in total. The Bertz CT molecular complexity index is 542. The zero-order valence-corrected chi connectivity index (χ0v) is 10.9. The molecule has 3 heterocycles. The van der Waals surface area contributed by atoms with Gasteiger partial charge in [0.2, 0.25) is 0 Å². The summed E-state index contributed by atoms with van der Waals surface area (Å²) >= 11 is 0. The molecule has 0 radical (unpaired) electrons. The third kappa shape index (κ3) is 2.47. The second-order valence-corrected chi connectivity index (χ2v) is 4.66. The minimum atomic E-state index is 0.361. The standard InChI is InChI=1S/C12H17N5O2/c1-16-4-6-17(7-5-16)12-14-11(19-15-12)10-3-2-9(8-13)18-10/h2-3H,4-8,13H2,1H3. The van der Waals surface area contributed by atoms with Crippen LogP contribution >= 0.6 is 0 Å². The van der Waals surface area contributed by atoms with Crippen molar-refractivity contribution in [2.75, 3.05) is 38.1 Å². The molecule has 7 heteroatoms. The summed E-state index contributed by atoms with van der Waals surface area (Å²) in [5.41, 5.74) is 5.50. The predicted molar refractivity (Wildman–Crippen MR) is 69.6 cm³/mol. The molecular weight excluding hydrogens is 246 g/mol. The van der Waals surface area contributed by atoms with Gasteiger partial charge in [0.15, 0.2) is 5.76 Å². The third-order valence-electron chi connectivity index (χ3n) is 3.28. The molecule has 0 amide bonds. The molecule has 0 unspecified atom stereocenters. The molecule has 102 valence electrons. The highest BCUT2D eigenvalue weighted by Gasteiger charge is 2.20. The molecule has 19 heavy (non-hydrogen) atoms. The fourth-order valence-corrected chi connectivity index (χ4v) is 2.05. The van der Waals surface area contributed by atoms with Gasteiger partial charge in [-0.05, 0) is 24.3 Å². The molecule has 0 aliphatic carbocycles. The SMILES string of the molecule is CN1CCN(c2noc(-c3ccc(CN)o3)n2)CC1. The molecule has 2 aromatic heterocycles. The average Bonchev–Trinajstić information content (AvgIpc) is 3.08. The monoisotopic (exact) mass is 263 g/mol. The van der Waals surface area contributed by atoms with E-state index >= 15 is 0 Å². The van der Waals surface area contributed by atoms with Crippen LogP contribution in [0, 0.1) is 0 Å². The van der Waals surface area contributed by atoms with Gasteiger partial charge in [-0.15, -0.1) is 0 Å².